The highest BCUT2D eigenvalue weighted by Crippen LogP contribution is 2.42. The van der Waals surface area contributed by atoms with E-state index in [9.17, 15) is 24.8 Å². The van der Waals surface area contributed by atoms with Crippen LogP contribution in [0.3, 0.4) is 0 Å². The van der Waals surface area contributed by atoms with E-state index in [0.717, 1.165) is 0 Å². The average molecular weight is 440 g/mol. The van der Waals surface area contributed by atoms with Crippen molar-refractivity contribution in [3.8, 4) is 11.5 Å². The molecule has 0 saturated carbocycles. The Labute approximate surface area is 185 Å². The maximum atomic E-state index is 12.9. The van der Waals surface area contributed by atoms with Crippen molar-refractivity contribution in [1.82, 2.24) is 4.90 Å². The SMILES string of the molecule is CCCN1C(=O)C(=O)/C(=C(\O)c2ccc([N+](=O)[O-])cc2)C1c1ccc(OC)c(OCC)c1. The Morgan fingerprint density at radius 1 is 1.12 bits per heavy atom. The molecule has 0 radical (unpaired) electrons. The van der Waals surface area contributed by atoms with Gasteiger partial charge in [0.1, 0.15) is 5.76 Å². The molecule has 1 saturated heterocycles. The van der Waals surface area contributed by atoms with Crippen LogP contribution < -0.4 is 9.47 Å². The third-order valence-corrected chi connectivity index (χ3v) is 5.16. The van der Waals surface area contributed by atoms with E-state index in [-0.39, 0.29) is 16.8 Å². The second-order valence-electron chi connectivity index (χ2n) is 7.14. The molecule has 0 spiro atoms. The third-order valence-electron chi connectivity index (χ3n) is 5.16. The number of Topliss-reactive ketones (excluding diaryl/α,β-unsaturated/α-hetero) is 1. The number of likely N-dealkylation sites (tertiary alicyclic amines) is 1. The molecule has 2 aromatic carbocycles. The fourth-order valence-electron chi connectivity index (χ4n) is 3.73. The lowest BCUT2D eigenvalue weighted by Crippen LogP contribution is -2.30. The van der Waals surface area contributed by atoms with Gasteiger partial charge in [0.25, 0.3) is 17.4 Å². The van der Waals surface area contributed by atoms with E-state index in [1.807, 2.05) is 13.8 Å². The summed E-state index contributed by atoms with van der Waals surface area (Å²) in [5.74, 6) is -0.971. The van der Waals surface area contributed by atoms with Crippen molar-refractivity contribution in [2.24, 2.45) is 0 Å². The van der Waals surface area contributed by atoms with Crippen molar-refractivity contribution in [3.63, 3.8) is 0 Å². The van der Waals surface area contributed by atoms with Gasteiger partial charge in [-0.15, -0.1) is 0 Å². The van der Waals surface area contributed by atoms with Crippen molar-refractivity contribution in [2.75, 3.05) is 20.3 Å². The first kappa shape index (κ1) is 22.8. The number of nitro benzene ring substituents is 1. The predicted molar refractivity (Wildman–Crippen MR) is 117 cm³/mol. The van der Waals surface area contributed by atoms with Gasteiger partial charge in [-0.3, -0.25) is 19.7 Å². The lowest BCUT2D eigenvalue weighted by molar-refractivity contribution is -0.384. The maximum Gasteiger partial charge on any atom is 0.295 e. The van der Waals surface area contributed by atoms with Gasteiger partial charge in [0, 0.05) is 24.2 Å². The molecule has 2 aromatic rings. The van der Waals surface area contributed by atoms with Crippen LogP contribution in [-0.4, -0.2) is 46.9 Å². The Morgan fingerprint density at radius 2 is 1.81 bits per heavy atom. The molecule has 9 nitrogen and oxygen atoms in total. The third kappa shape index (κ3) is 4.14. The van der Waals surface area contributed by atoms with E-state index in [1.165, 1.54) is 36.3 Å². The Morgan fingerprint density at radius 3 is 2.38 bits per heavy atom. The van der Waals surface area contributed by atoms with Crippen molar-refractivity contribution >= 4 is 23.1 Å². The highest BCUT2D eigenvalue weighted by Gasteiger charge is 2.45. The summed E-state index contributed by atoms with van der Waals surface area (Å²) in [5.41, 5.74) is 0.546. The van der Waals surface area contributed by atoms with Crippen molar-refractivity contribution in [3.05, 3.63) is 69.3 Å². The first-order valence-corrected chi connectivity index (χ1v) is 10.2. The summed E-state index contributed by atoms with van der Waals surface area (Å²) in [6.07, 6.45) is 0.607. The molecule has 1 aliphatic heterocycles. The molecule has 3 rings (SSSR count). The Hall–Kier alpha value is -3.88. The second kappa shape index (κ2) is 9.51. The molecule has 168 valence electrons. The summed E-state index contributed by atoms with van der Waals surface area (Å²) in [7, 11) is 1.51. The topological polar surface area (TPSA) is 119 Å². The van der Waals surface area contributed by atoms with E-state index in [2.05, 4.69) is 0 Å². The molecule has 0 aliphatic carbocycles. The van der Waals surface area contributed by atoms with Gasteiger partial charge < -0.3 is 19.5 Å². The zero-order valence-corrected chi connectivity index (χ0v) is 18.0. The van der Waals surface area contributed by atoms with Crippen LogP contribution in [0.25, 0.3) is 5.76 Å². The molecule has 1 heterocycles. The monoisotopic (exact) mass is 440 g/mol. The highest BCUT2D eigenvalue weighted by atomic mass is 16.6. The summed E-state index contributed by atoms with van der Waals surface area (Å²) in [4.78, 5) is 37.5. The number of ether oxygens (including phenoxy) is 2. The van der Waals surface area contributed by atoms with Gasteiger partial charge in [-0.05, 0) is 43.2 Å². The van der Waals surface area contributed by atoms with Crippen LogP contribution in [0.5, 0.6) is 11.5 Å². The van der Waals surface area contributed by atoms with Gasteiger partial charge in [0.15, 0.2) is 11.5 Å². The zero-order valence-electron chi connectivity index (χ0n) is 18.0. The van der Waals surface area contributed by atoms with Crippen LogP contribution in [0.15, 0.2) is 48.0 Å². The number of carbonyl (C=O) groups is 2. The number of hydrogen-bond acceptors (Lipinski definition) is 7. The summed E-state index contributed by atoms with van der Waals surface area (Å²) in [6.45, 7) is 4.40. The fourth-order valence-corrected chi connectivity index (χ4v) is 3.73. The van der Waals surface area contributed by atoms with E-state index in [1.54, 1.807) is 18.2 Å². The average Bonchev–Trinajstić information content (AvgIpc) is 3.04. The van der Waals surface area contributed by atoms with Gasteiger partial charge in [-0.2, -0.15) is 0 Å². The number of aliphatic hydroxyl groups is 1. The quantitative estimate of drug-likeness (QED) is 0.218. The van der Waals surface area contributed by atoms with Gasteiger partial charge in [0.05, 0.1) is 30.3 Å². The molecule has 1 atom stereocenters. The molecule has 0 aromatic heterocycles. The van der Waals surface area contributed by atoms with Crippen LogP contribution in [0.4, 0.5) is 5.69 Å². The standard InChI is InChI=1S/C23H24N2O7/c1-4-12-24-20(15-8-11-17(31-3)18(13-15)32-5-2)19(22(27)23(24)28)21(26)14-6-9-16(10-7-14)25(29)30/h6-11,13,20,26H,4-5,12H2,1-3H3/b21-19-. The number of methoxy groups -OCH3 is 1. The number of benzene rings is 2. The number of non-ortho nitro benzene ring substituents is 1. The van der Waals surface area contributed by atoms with E-state index in [0.29, 0.717) is 36.6 Å². The van der Waals surface area contributed by atoms with Crippen LogP contribution >= 0.6 is 0 Å². The Bertz CT molecular complexity index is 1080. The van der Waals surface area contributed by atoms with Crippen molar-refractivity contribution < 1.29 is 29.1 Å². The minimum Gasteiger partial charge on any atom is -0.507 e. The van der Waals surface area contributed by atoms with Crippen LogP contribution in [-0.2, 0) is 9.59 Å². The molecule has 32 heavy (non-hydrogen) atoms. The second-order valence-corrected chi connectivity index (χ2v) is 7.14. The van der Waals surface area contributed by atoms with Crippen LogP contribution in [0.1, 0.15) is 37.4 Å². The molecule has 1 aliphatic rings. The van der Waals surface area contributed by atoms with Crippen molar-refractivity contribution in [2.45, 2.75) is 26.3 Å². The Balaban J connectivity index is 2.17. The molecule has 1 fully saturated rings. The zero-order chi connectivity index (χ0) is 23.4. The van der Waals surface area contributed by atoms with E-state index in [4.69, 9.17) is 9.47 Å². The molecule has 9 heteroatoms. The molecule has 0 bridgehead atoms. The van der Waals surface area contributed by atoms with Gasteiger partial charge >= 0.3 is 0 Å². The normalized spacial score (nSPS) is 17.5. The molecular weight excluding hydrogens is 416 g/mol. The molecule has 1 N–H and O–H groups in total. The number of rotatable bonds is 8. The van der Waals surface area contributed by atoms with Gasteiger partial charge in [0.2, 0.25) is 0 Å². The first-order chi connectivity index (χ1) is 15.3. The smallest absolute Gasteiger partial charge is 0.295 e. The van der Waals surface area contributed by atoms with Crippen LogP contribution in [0, 0.1) is 10.1 Å². The highest BCUT2D eigenvalue weighted by molar-refractivity contribution is 6.46. The van der Waals surface area contributed by atoms with E-state index < -0.39 is 28.4 Å². The molecular formula is C23H24N2O7. The summed E-state index contributed by atoms with van der Waals surface area (Å²) in [6, 6.07) is 9.39. The van der Waals surface area contributed by atoms with E-state index >= 15 is 0 Å². The number of nitrogens with zero attached hydrogens (tertiary/aromatic N) is 2. The Kier molecular flexibility index (Phi) is 6.77. The summed E-state index contributed by atoms with van der Waals surface area (Å²) >= 11 is 0. The maximum absolute atomic E-state index is 12.9. The molecule has 1 unspecified atom stereocenters. The number of carbonyl (C=O) groups excluding carboxylic acids is 2. The van der Waals surface area contributed by atoms with Crippen LogP contribution in [0.2, 0.25) is 0 Å². The van der Waals surface area contributed by atoms with Gasteiger partial charge in [-0.1, -0.05) is 13.0 Å². The number of ketones is 1. The largest absolute Gasteiger partial charge is 0.507 e. The predicted octanol–water partition coefficient (Wildman–Crippen LogP) is 3.83. The lowest BCUT2D eigenvalue weighted by atomic mass is 9.95. The first-order valence-electron chi connectivity index (χ1n) is 10.2. The van der Waals surface area contributed by atoms with Crippen molar-refractivity contribution in [1.29, 1.82) is 0 Å². The fraction of sp³-hybridized carbons (Fsp3) is 0.304. The number of amides is 1. The number of nitro groups is 1. The minimum atomic E-state index is -0.838. The van der Waals surface area contributed by atoms with Gasteiger partial charge in [-0.25, -0.2) is 0 Å². The lowest BCUT2D eigenvalue weighted by Gasteiger charge is -2.25. The number of hydrogen-bond donors (Lipinski definition) is 1. The summed E-state index contributed by atoms with van der Waals surface area (Å²) < 4.78 is 11.0. The molecule has 1 amide bonds. The minimum absolute atomic E-state index is 0.0788. The number of aliphatic hydroxyl groups excluding tert-OH is 1. The summed E-state index contributed by atoms with van der Waals surface area (Å²) in [5, 5.41) is 21.9.